The standard InChI is InChI=1S/C18H23N3O/c1-3-10-22-17-9-5-7-15(12-17)13-20-18(19)21-16-8-4-6-14(2)11-16/h4-9,11-12H,3,10,13H2,1-2H3,(H3,19,20,21). The Balaban J connectivity index is 1.95. The third-order valence-corrected chi connectivity index (χ3v) is 3.09. The number of aryl methyl sites for hydroxylation is 1. The van der Waals surface area contributed by atoms with Crippen LogP contribution in [0.25, 0.3) is 0 Å². The van der Waals surface area contributed by atoms with Crippen molar-refractivity contribution in [1.29, 1.82) is 0 Å². The first kappa shape index (κ1) is 15.9. The van der Waals surface area contributed by atoms with Gasteiger partial charge in [0.25, 0.3) is 0 Å². The maximum Gasteiger partial charge on any atom is 0.193 e. The summed E-state index contributed by atoms with van der Waals surface area (Å²) in [6.45, 7) is 5.38. The third kappa shape index (κ3) is 5.13. The zero-order chi connectivity index (χ0) is 15.8. The normalized spacial score (nSPS) is 11.3. The molecule has 0 unspecified atom stereocenters. The fourth-order valence-electron chi connectivity index (χ4n) is 2.04. The molecule has 4 nitrogen and oxygen atoms in total. The first-order chi connectivity index (χ1) is 10.7. The smallest absolute Gasteiger partial charge is 0.193 e. The van der Waals surface area contributed by atoms with Crippen molar-refractivity contribution in [3.05, 3.63) is 59.7 Å². The van der Waals surface area contributed by atoms with E-state index in [-0.39, 0.29) is 0 Å². The van der Waals surface area contributed by atoms with Gasteiger partial charge >= 0.3 is 0 Å². The average molecular weight is 297 g/mol. The summed E-state index contributed by atoms with van der Waals surface area (Å²) in [5.74, 6) is 1.28. The summed E-state index contributed by atoms with van der Waals surface area (Å²) in [5.41, 5.74) is 9.13. The van der Waals surface area contributed by atoms with Gasteiger partial charge in [-0.3, -0.25) is 0 Å². The Morgan fingerprint density at radius 1 is 1.18 bits per heavy atom. The molecule has 2 aromatic carbocycles. The fraction of sp³-hybridized carbons (Fsp3) is 0.278. The quantitative estimate of drug-likeness (QED) is 0.631. The van der Waals surface area contributed by atoms with E-state index in [0.29, 0.717) is 12.5 Å². The van der Waals surface area contributed by atoms with E-state index in [0.717, 1.165) is 30.0 Å². The number of benzene rings is 2. The molecule has 0 aliphatic rings. The van der Waals surface area contributed by atoms with Gasteiger partial charge in [0.2, 0.25) is 0 Å². The summed E-state index contributed by atoms with van der Waals surface area (Å²) >= 11 is 0. The van der Waals surface area contributed by atoms with Gasteiger partial charge in [-0.15, -0.1) is 0 Å². The first-order valence-electron chi connectivity index (χ1n) is 7.52. The molecule has 0 heterocycles. The van der Waals surface area contributed by atoms with E-state index in [1.165, 1.54) is 5.56 Å². The van der Waals surface area contributed by atoms with Gasteiger partial charge in [0.15, 0.2) is 5.96 Å². The largest absolute Gasteiger partial charge is 0.494 e. The van der Waals surface area contributed by atoms with Crippen LogP contribution < -0.4 is 15.8 Å². The van der Waals surface area contributed by atoms with Crippen LogP contribution in [0, 0.1) is 6.92 Å². The number of hydrogen-bond acceptors (Lipinski definition) is 2. The van der Waals surface area contributed by atoms with Gasteiger partial charge in [-0.05, 0) is 48.7 Å². The molecule has 116 valence electrons. The van der Waals surface area contributed by atoms with Crippen molar-refractivity contribution in [3.8, 4) is 5.75 Å². The lowest BCUT2D eigenvalue weighted by molar-refractivity contribution is 0.317. The number of guanidine groups is 1. The van der Waals surface area contributed by atoms with E-state index in [1.54, 1.807) is 0 Å². The van der Waals surface area contributed by atoms with Crippen molar-refractivity contribution in [3.63, 3.8) is 0 Å². The highest BCUT2D eigenvalue weighted by molar-refractivity contribution is 5.92. The van der Waals surface area contributed by atoms with Crippen LogP contribution in [0.2, 0.25) is 0 Å². The molecular formula is C18H23N3O. The van der Waals surface area contributed by atoms with Crippen LogP contribution in [0.5, 0.6) is 5.75 Å². The number of hydrogen-bond donors (Lipinski definition) is 2. The lowest BCUT2D eigenvalue weighted by Crippen LogP contribution is -2.22. The van der Waals surface area contributed by atoms with Gasteiger partial charge in [-0.2, -0.15) is 0 Å². The van der Waals surface area contributed by atoms with Crippen molar-refractivity contribution in [1.82, 2.24) is 0 Å². The van der Waals surface area contributed by atoms with Crippen LogP contribution in [0.1, 0.15) is 24.5 Å². The Kier molecular flexibility index (Phi) is 5.83. The number of ether oxygens (including phenoxy) is 1. The highest BCUT2D eigenvalue weighted by atomic mass is 16.5. The fourth-order valence-corrected chi connectivity index (χ4v) is 2.04. The zero-order valence-corrected chi connectivity index (χ0v) is 13.2. The molecule has 2 rings (SSSR count). The second kappa shape index (κ2) is 8.08. The molecule has 0 aromatic heterocycles. The van der Waals surface area contributed by atoms with Crippen molar-refractivity contribution >= 4 is 11.6 Å². The van der Waals surface area contributed by atoms with E-state index in [4.69, 9.17) is 10.5 Å². The number of aliphatic imine (C=N–C) groups is 1. The predicted octanol–water partition coefficient (Wildman–Crippen LogP) is 3.71. The molecule has 0 amide bonds. The highest BCUT2D eigenvalue weighted by Crippen LogP contribution is 2.14. The van der Waals surface area contributed by atoms with E-state index in [1.807, 2.05) is 55.5 Å². The van der Waals surface area contributed by atoms with Gasteiger partial charge in [-0.25, -0.2) is 4.99 Å². The predicted molar refractivity (Wildman–Crippen MR) is 92.4 cm³/mol. The minimum Gasteiger partial charge on any atom is -0.494 e. The number of nitrogens with zero attached hydrogens (tertiary/aromatic N) is 1. The molecular weight excluding hydrogens is 274 g/mol. The maximum absolute atomic E-state index is 5.93. The third-order valence-electron chi connectivity index (χ3n) is 3.09. The Hall–Kier alpha value is -2.49. The summed E-state index contributed by atoms with van der Waals surface area (Å²) < 4.78 is 5.62. The van der Waals surface area contributed by atoms with E-state index >= 15 is 0 Å². The van der Waals surface area contributed by atoms with Crippen molar-refractivity contribution in [2.75, 3.05) is 11.9 Å². The summed E-state index contributed by atoms with van der Waals surface area (Å²) in [5, 5.41) is 3.10. The summed E-state index contributed by atoms with van der Waals surface area (Å²) in [6.07, 6.45) is 0.996. The number of nitrogens with two attached hydrogens (primary N) is 1. The van der Waals surface area contributed by atoms with Crippen LogP contribution in [0.15, 0.2) is 53.5 Å². The van der Waals surface area contributed by atoms with Crippen LogP contribution in [0.4, 0.5) is 5.69 Å². The Bertz CT molecular complexity index is 638. The minimum atomic E-state index is 0.408. The second-order valence-electron chi connectivity index (χ2n) is 5.19. The Labute approximate surface area is 132 Å². The summed E-state index contributed by atoms with van der Waals surface area (Å²) in [6, 6.07) is 16.0. The van der Waals surface area contributed by atoms with Gasteiger partial charge in [0, 0.05) is 5.69 Å². The molecule has 0 saturated carbocycles. The van der Waals surface area contributed by atoms with Crippen LogP contribution >= 0.6 is 0 Å². The van der Waals surface area contributed by atoms with Crippen LogP contribution in [-0.2, 0) is 6.54 Å². The van der Waals surface area contributed by atoms with Gasteiger partial charge in [0.05, 0.1) is 13.2 Å². The molecule has 0 bridgehead atoms. The molecule has 22 heavy (non-hydrogen) atoms. The number of nitrogens with one attached hydrogen (secondary N) is 1. The molecule has 2 aromatic rings. The van der Waals surface area contributed by atoms with E-state index in [2.05, 4.69) is 17.2 Å². The molecule has 0 fully saturated rings. The molecule has 0 atom stereocenters. The minimum absolute atomic E-state index is 0.408. The maximum atomic E-state index is 5.93. The van der Waals surface area contributed by atoms with Gasteiger partial charge in [0.1, 0.15) is 5.75 Å². The lowest BCUT2D eigenvalue weighted by atomic mass is 10.2. The monoisotopic (exact) mass is 297 g/mol. The molecule has 3 N–H and O–H groups in total. The summed E-state index contributed by atoms with van der Waals surface area (Å²) in [4.78, 5) is 4.37. The van der Waals surface area contributed by atoms with Gasteiger partial charge in [-0.1, -0.05) is 31.2 Å². The molecule has 0 saturated heterocycles. The topological polar surface area (TPSA) is 59.6 Å². The lowest BCUT2D eigenvalue weighted by Gasteiger charge is -2.08. The Morgan fingerprint density at radius 3 is 2.77 bits per heavy atom. The number of anilines is 1. The van der Waals surface area contributed by atoms with Crippen molar-refractivity contribution in [2.45, 2.75) is 26.8 Å². The summed E-state index contributed by atoms with van der Waals surface area (Å²) in [7, 11) is 0. The van der Waals surface area contributed by atoms with E-state index < -0.39 is 0 Å². The van der Waals surface area contributed by atoms with Crippen LogP contribution in [0.3, 0.4) is 0 Å². The molecule has 4 heteroatoms. The van der Waals surface area contributed by atoms with Crippen molar-refractivity contribution < 1.29 is 4.74 Å². The molecule has 0 aliphatic carbocycles. The zero-order valence-electron chi connectivity index (χ0n) is 13.2. The molecule has 0 spiro atoms. The molecule has 0 aliphatic heterocycles. The highest BCUT2D eigenvalue weighted by Gasteiger charge is 1.98. The van der Waals surface area contributed by atoms with E-state index in [9.17, 15) is 0 Å². The second-order valence-corrected chi connectivity index (χ2v) is 5.19. The van der Waals surface area contributed by atoms with Crippen LogP contribution in [-0.4, -0.2) is 12.6 Å². The SMILES string of the molecule is CCCOc1cccc(CN=C(N)Nc2cccc(C)c2)c1. The van der Waals surface area contributed by atoms with Gasteiger partial charge < -0.3 is 15.8 Å². The number of rotatable bonds is 6. The Morgan fingerprint density at radius 2 is 2.00 bits per heavy atom. The van der Waals surface area contributed by atoms with Crippen molar-refractivity contribution in [2.24, 2.45) is 10.7 Å². The first-order valence-corrected chi connectivity index (χ1v) is 7.52. The average Bonchev–Trinajstić information content (AvgIpc) is 2.51. The molecule has 0 radical (unpaired) electrons.